The van der Waals surface area contributed by atoms with E-state index >= 15 is 0 Å². The molecule has 0 radical (unpaired) electrons. The van der Waals surface area contributed by atoms with Gasteiger partial charge in [-0.3, -0.25) is 9.78 Å². The maximum atomic E-state index is 12.8. The molecule has 1 aromatic carbocycles. The summed E-state index contributed by atoms with van der Waals surface area (Å²) in [6.45, 7) is 3.81. The Balaban J connectivity index is 1.52. The predicted octanol–water partition coefficient (Wildman–Crippen LogP) is 3.08. The van der Waals surface area contributed by atoms with Gasteiger partial charge in [0, 0.05) is 36.0 Å². The summed E-state index contributed by atoms with van der Waals surface area (Å²) < 4.78 is 21.1. The van der Waals surface area contributed by atoms with Crippen LogP contribution in [0, 0.1) is 5.92 Å². The van der Waals surface area contributed by atoms with Gasteiger partial charge >= 0.3 is 5.97 Å². The van der Waals surface area contributed by atoms with E-state index in [1.165, 1.54) is 14.2 Å². The van der Waals surface area contributed by atoms with Crippen LogP contribution in [0.1, 0.15) is 36.5 Å². The van der Waals surface area contributed by atoms with Crippen LogP contribution in [0.2, 0.25) is 0 Å². The molecule has 0 aliphatic carbocycles. The van der Waals surface area contributed by atoms with Gasteiger partial charge in [-0.2, -0.15) is 4.98 Å². The number of benzene rings is 1. The number of esters is 1. The lowest BCUT2D eigenvalue weighted by Crippen LogP contribution is -2.45. The monoisotopic (exact) mass is 468 g/mol. The highest BCUT2D eigenvalue weighted by Crippen LogP contribution is 2.23. The van der Waals surface area contributed by atoms with E-state index < -0.39 is 17.9 Å². The first-order chi connectivity index (χ1) is 16.4. The molecule has 3 rings (SSSR count). The second kappa shape index (κ2) is 11.8. The zero-order valence-electron chi connectivity index (χ0n) is 19.6. The van der Waals surface area contributed by atoms with Crippen molar-refractivity contribution in [1.82, 2.24) is 20.4 Å². The van der Waals surface area contributed by atoms with Gasteiger partial charge in [0.15, 0.2) is 0 Å². The number of rotatable bonds is 11. The third kappa shape index (κ3) is 6.53. The molecular weight excluding hydrogens is 440 g/mol. The molecule has 0 fully saturated rings. The number of carbonyl (C=O) groups excluding carboxylic acids is 2. The third-order valence-corrected chi connectivity index (χ3v) is 4.99. The average Bonchev–Trinajstić information content (AvgIpc) is 3.33. The Morgan fingerprint density at radius 1 is 1.12 bits per heavy atom. The van der Waals surface area contributed by atoms with Crippen molar-refractivity contribution in [1.29, 1.82) is 0 Å². The molecule has 3 aromatic rings. The molecule has 0 saturated heterocycles. The molecule has 1 amide bonds. The molecule has 0 aliphatic rings. The van der Waals surface area contributed by atoms with Crippen LogP contribution < -0.4 is 14.8 Å². The summed E-state index contributed by atoms with van der Waals surface area (Å²) in [6.07, 6.45) is 4.26. The largest absolute Gasteiger partial charge is 0.497 e. The minimum atomic E-state index is -0.815. The van der Waals surface area contributed by atoms with Crippen LogP contribution in [-0.2, 0) is 16.0 Å². The first-order valence-corrected chi connectivity index (χ1v) is 10.8. The number of aromatic nitrogens is 3. The molecule has 0 aliphatic heterocycles. The van der Waals surface area contributed by atoms with E-state index in [-0.39, 0.29) is 12.5 Å². The van der Waals surface area contributed by atoms with Crippen LogP contribution in [0.3, 0.4) is 0 Å². The molecular formula is C24H28N4O6. The van der Waals surface area contributed by atoms with Crippen molar-refractivity contribution in [2.75, 3.05) is 20.8 Å². The summed E-state index contributed by atoms with van der Waals surface area (Å²) in [6, 6.07) is 7.62. The minimum Gasteiger partial charge on any atom is -0.497 e. The van der Waals surface area contributed by atoms with E-state index in [2.05, 4.69) is 20.4 Å². The molecule has 0 bridgehead atoms. The SMILES string of the molecule is COc1cc(OC)cc(C(=O)N[C@H](C(=O)OCCCc2nc(-c3cccnc3)no2)C(C)C)c1. The number of ether oxygens (including phenoxy) is 3. The third-order valence-electron chi connectivity index (χ3n) is 4.99. The molecule has 180 valence electrons. The zero-order chi connectivity index (χ0) is 24.5. The number of carbonyl (C=O) groups is 2. The van der Waals surface area contributed by atoms with Crippen LogP contribution in [-0.4, -0.2) is 53.9 Å². The Morgan fingerprint density at radius 2 is 1.85 bits per heavy atom. The van der Waals surface area contributed by atoms with Crippen LogP contribution in [0.4, 0.5) is 0 Å². The fraction of sp³-hybridized carbons (Fsp3) is 0.375. The Hall–Kier alpha value is -3.95. The molecule has 10 nitrogen and oxygen atoms in total. The standard InChI is InChI=1S/C24H28N4O6/c1-15(2)21(27-23(29)17-11-18(31-3)13-19(12-17)32-4)24(30)33-10-6-8-20-26-22(28-34-20)16-7-5-9-25-14-16/h5,7,9,11-15,21H,6,8,10H2,1-4H3,(H,27,29)/t21-/m0/s1. The lowest BCUT2D eigenvalue weighted by Gasteiger charge is -2.21. The first-order valence-electron chi connectivity index (χ1n) is 10.8. The second-order valence-electron chi connectivity index (χ2n) is 7.82. The molecule has 2 heterocycles. The van der Waals surface area contributed by atoms with Gasteiger partial charge in [-0.1, -0.05) is 19.0 Å². The van der Waals surface area contributed by atoms with E-state index in [1.54, 1.807) is 36.7 Å². The summed E-state index contributed by atoms with van der Waals surface area (Å²) >= 11 is 0. The Kier molecular flexibility index (Phi) is 8.55. The lowest BCUT2D eigenvalue weighted by molar-refractivity contribution is -0.147. The smallest absolute Gasteiger partial charge is 0.328 e. The zero-order valence-corrected chi connectivity index (χ0v) is 19.6. The van der Waals surface area contributed by atoms with Gasteiger partial charge in [-0.05, 0) is 36.6 Å². The van der Waals surface area contributed by atoms with E-state index in [4.69, 9.17) is 18.7 Å². The van der Waals surface area contributed by atoms with Crippen LogP contribution in [0.15, 0.2) is 47.2 Å². The Bertz CT molecular complexity index is 1080. The van der Waals surface area contributed by atoms with Crippen LogP contribution in [0.25, 0.3) is 11.4 Å². The normalized spacial score (nSPS) is 11.7. The average molecular weight is 469 g/mol. The molecule has 0 saturated carbocycles. The van der Waals surface area contributed by atoms with E-state index in [9.17, 15) is 9.59 Å². The minimum absolute atomic E-state index is 0.148. The summed E-state index contributed by atoms with van der Waals surface area (Å²) in [5.74, 6) is 0.720. The van der Waals surface area contributed by atoms with E-state index in [1.807, 2.05) is 19.9 Å². The maximum Gasteiger partial charge on any atom is 0.328 e. The van der Waals surface area contributed by atoms with Crippen molar-refractivity contribution < 1.29 is 28.3 Å². The lowest BCUT2D eigenvalue weighted by atomic mass is 10.0. The number of aryl methyl sites for hydroxylation is 1. The van der Waals surface area contributed by atoms with Crippen LogP contribution in [0.5, 0.6) is 11.5 Å². The van der Waals surface area contributed by atoms with Gasteiger partial charge in [0.25, 0.3) is 5.91 Å². The van der Waals surface area contributed by atoms with E-state index in [0.717, 1.165) is 5.56 Å². The van der Waals surface area contributed by atoms with Gasteiger partial charge in [0.2, 0.25) is 11.7 Å². The van der Waals surface area contributed by atoms with Crippen molar-refractivity contribution in [3.8, 4) is 22.9 Å². The molecule has 1 N–H and O–H groups in total. The first kappa shape index (κ1) is 24.7. The summed E-state index contributed by atoms with van der Waals surface area (Å²) in [4.78, 5) is 33.8. The molecule has 34 heavy (non-hydrogen) atoms. The highest BCUT2D eigenvalue weighted by atomic mass is 16.5. The Labute approximate surface area is 197 Å². The maximum absolute atomic E-state index is 12.8. The molecule has 2 aromatic heterocycles. The number of methoxy groups -OCH3 is 2. The summed E-state index contributed by atoms with van der Waals surface area (Å²) in [5.41, 5.74) is 1.07. The summed E-state index contributed by atoms with van der Waals surface area (Å²) in [7, 11) is 3.00. The molecule has 0 spiro atoms. The summed E-state index contributed by atoms with van der Waals surface area (Å²) in [5, 5.41) is 6.68. The number of nitrogens with one attached hydrogen (secondary N) is 1. The van der Waals surface area contributed by atoms with Crippen molar-refractivity contribution >= 4 is 11.9 Å². The highest BCUT2D eigenvalue weighted by Gasteiger charge is 2.26. The van der Waals surface area contributed by atoms with Crippen molar-refractivity contribution in [3.05, 3.63) is 54.2 Å². The molecule has 10 heteroatoms. The van der Waals surface area contributed by atoms with Gasteiger partial charge in [-0.15, -0.1) is 0 Å². The second-order valence-corrected chi connectivity index (χ2v) is 7.82. The van der Waals surface area contributed by atoms with Gasteiger partial charge < -0.3 is 24.1 Å². The number of pyridine rings is 1. The topological polar surface area (TPSA) is 126 Å². The van der Waals surface area contributed by atoms with Crippen molar-refractivity contribution in [2.24, 2.45) is 5.92 Å². The number of hydrogen-bond acceptors (Lipinski definition) is 9. The number of hydrogen-bond donors (Lipinski definition) is 1. The van der Waals surface area contributed by atoms with Gasteiger partial charge in [-0.25, -0.2) is 4.79 Å². The number of amides is 1. The highest BCUT2D eigenvalue weighted by molar-refractivity contribution is 5.97. The van der Waals surface area contributed by atoms with Gasteiger partial charge in [0.1, 0.15) is 17.5 Å². The number of nitrogens with zero attached hydrogens (tertiary/aromatic N) is 3. The van der Waals surface area contributed by atoms with Crippen LogP contribution >= 0.6 is 0 Å². The predicted molar refractivity (Wildman–Crippen MR) is 122 cm³/mol. The van der Waals surface area contributed by atoms with Crippen molar-refractivity contribution in [2.45, 2.75) is 32.7 Å². The van der Waals surface area contributed by atoms with Gasteiger partial charge in [0.05, 0.1) is 20.8 Å². The fourth-order valence-corrected chi connectivity index (χ4v) is 3.12. The molecule has 1 atom stereocenters. The molecule has 0 unspecified atom stereocenters. The quantitative estimate of drug-likeness (QED) is 0.334. The fourth-order valence-electron chi connectivity index (χ4n) is 3.12. The Morgan fingerprint density at radius 3 is 2.47 bits per heavy atom. The van der Waals surface area contributed by atoms with Crippen molar-refractivity contribution in [3.63, 3.8) is 0 Å². The van der Waals surface area contributed by atoms with E-state index in [0.29, 0.717) is 41.6 Å².